The number of rotatable bonds is 4. The number of benzene rings is 1. The van der Waals surface area contributed by atoms with Crippen LogP contribution in [0.3, 0.4) is 0 Å². The minimum absolute atomic E-state index is 0.0964. The van der Waals surface area contributed by atoms with E-state index < -0.39 is 25.6 Å². The van der Waals surface area contributed by atoms with Gasteiger partial charge in [-0.15, -0.1) is 0 Å². The summed E-state index contributed by atoms with van der Waals surface area (Å²) in [6, 6.07) is 4.91. The van der Waals surface area contributed by atoms with Gasteiger partial charge in [0.05, 0.1) is 11.5 Å². The lowest BCUT2D eigenvalue weighted by molar-refractivity contribution is 0.389. The summed E-state index contributed by atoms with van der Waals surface area (Å²) >= 11 is 0. The molecule has 1 heterocycles. The van der Waals surface area contributed by atoms with Gasteiger partial charge >= 0.3 is 0 Å². The molecule has 1 aliphatic heterocycles. The zero-order valence-electron chi connectivity index (χ0n) is 11.1. The summed E-state index contributed by atoms with van der Waals surface area (Å²) in [6.45, 7) is 0.514. The van der Waals surface area contributed by atoms with Crippen molar-refractivity contribution in [3.8, 4) is 5.75 Å². The molecule has 0 saturated carbocycles. The highest BCUT2D eigenvalue weighted by molar-refractivity contribution is 7.93. The van der Waals surface area contributed by atoms with E-state index in [9.17, 15) is 21.9 Å². The van der Waals surface area contributed by atoms with Gasteiger partial charge in [0.15, 0.2) is 0 Å². The maximum Gasteiger partial charge on any atom is 0.215 e. The van der Waals surface area contributed by atoms with Gasteiger partial charge in [0.25, 0.3) is 0 Å². The number of phenols is 1. The van der Waals surface area contributed by atoms with Crippen LogP contribution in [0.5, 0.6) is 5.75 Å². The second-order valence-electron chi connectivity index (χ2n) is 4.98. The van der Waals surface area contributed by atoms with Crippen molar-refractivity contribution in [3.05, 3.63) is 29.3 Å². The van der Waals surface area contributed by atoms with E-state index in [-0.39, 0.29) is 18.0 Å². The molecule has 6 nitrogen and oxygen atoms in total. The first kappa shape index (κ1) is 15.3. The van der Waals surface area contributed by atoms with Gasteiger partial charge in [0.1, 0.15) is 15.6 Å². The molecule has 0 atom stereocenters. The zero-order chi connectivity index (χ0) is 15.0. The molecule has 1 N–H and O–H groups in total. The van der Waals surface area contributed by atoms with Gasteiger partial charge in [-0.2, -0.15) is 4.31 Å². The molecule has 1 aliphatic rings. The minimum Gasteiger partial charge on any atom is -0.508 e. The van der Waals surface area contributed by atoms with Crippen LogP contribution in [0.25, 0.3) is 0 Å². The molecule has 0 saturated heterocycles. The Bertz CT molecular complexity index is 709. The molecule has 2 rings (SSSR count). The SMILES string of the molecule is CS(=O)(=O)CCS(=O)(=O)N1CCc2ccc(O)cc2C1. The van der Waals surface area contributed by atoms with Crippen molar-refractivity contribution < 1.29 is 21.9 Å². The molecule has 0 unspecified atom stereocenters. The predicted molar refractivity (Wildman–Crippen MR) is 75.7 cm³/mol. The molecule has 0 spiro atoms. The second kappa shape index (κ2) is 5.34. The standard InChI is InChI=1S/C12H17NO5S2/c1-19(15,16)6-7-20(17,18)13-5-4-10-2-3-12(14)8-11(10)9-13/h2-3,8,14H,4-7,9H2,1H3. The molecule has 112 valence electrons. The Balaban J connectivity index is 2.15. The third kappa shape index (κ3) is 3.71. The topological polar surface area (TPSA) is 91.8 Å². The Morgan fingerprint density at radius 3 is 2.50 bits per heavy atom. The second-order valence-corrected chi connectivity index (χ2v) is 9.33. The molecule has 8 heteroatoms. The van der Waals surface area contributed by atoms with E-state index in [2.05, 4.69) is 0 Å². The Morgan fingerprint density at radius 2 is 1.85 bits per heavy atom. The maximum absolute atomic E-state index is 12.1. The van der Waals surface area contributed by atoms with Crippen LogP contribution in [-0.2, 0) is 32.8 Å². The largest absolute Gasteiger partial charge is 0.508 e. The molecule has 0 radical (unpaired) electrons. The third-order valence-corrected chi connectivity index (χ3v) is 6.30. The van der Waals surface area contributed by atoms with Crippen molar-refractivity contribution in [1.29, 1.82) is 0 Å². The summed E-state index contributed by atoms with van der Waals surface area (Å²) in [5.41, 5.74) is 1.77. The van der Waals surface area contributed by atoms with E-state index in [4.69, 9.17) is 0 Å². The van der Waals surface area contributed by atoms with Crippen molar-refractivity contribution >= 4 is 19.9 Å². The van der Waals surface area contributed by atoms with Crippen molar-refractivity contribution in [2.24, 2.45) is 0 Å². The highest BCUT2D eigenvalue weighted by atomic mass is 32.2. The van der Waals surface area contributed by atoms with E-state index >= 15 is 0 Å². The number of hydrogen-bond donors (Lipinski definition) is 1. The Morgan fingerprint density at radius 1 is 1.15 bits per heavy atom. The lowest BCUT2D eigenvalue weighted by Crippen LogP contribution is -2.38. The Kier molecular flexibility index (Phi) is 4.08. The van der Waals surface area contributed by atoms with Crippen LogP contribution in [0.1, 0.15) is 11.1 Å². The fourth-order valence-corrected chi connectivity index (χ4v) is 5.16. The van der Waals surface area contributed by atoms with Gasteiger partial charge in [-0.25, -0.2) is 16.8 Å². The van der Waals surface area contributed by atoms with Crippen LogP contribution >= 0.6 is 0 Å². The summed E-state index contributed by atoms with van der Waals surface area (Å²) < 4.78 is 47.7. The van der Waals surface area contributed by atoms with E-state index in [1.54, 1.807) is 18.2 Å². The van der Waals surface area contributed by atoms with Crippen molar-refractivity contribution in [1.82, 2.24) is 4.31 Å². The summed E-state index contributed by atoms with van der Waals surface area (Å²) in [5.74, 6) is -0.683. The summed E-state index contributed by atoms with van der Waals surface area (Å²) in [7, 11) is -6.91. The van der Waals surface area contributed by atoms with Crippen LogP contribution < -0.4 is 0 Å². The molecule has 1 aromatic rings. The lowest BCUT2D eigenvalue weighted by Gasteiger charge is -2.28. The van der Waals surface area contributed by atoms with E-state index in [0.717, 1.165) is 17.4 Å². The Labute approximate surface area is 119 Å². The van der Waals surface area contributed by atoms with Gasteiger partial charge in [0, 0.05) is 19.3 Å². The summed E-state index contributed by atoms with van der Waals surface area (Å²) in [6.07, 6.45) is 1.58. The molecule has 0 aromatic heterocycles. The first-order chi connectivity index (χ1) is 9.17. The van der Waals surface area contributed by atoms with E-state index in [1.807, 2.05) is 0 Å². The number of phenolic OH excluding ortho intramolecular Hbond substituents is 1. The van der Waals surface area contributed by atoms with Gasteiger partial charge in [-0.1, -0.05) is 6.07 Å². The molecule has 20 heavy (non-hydrogen) atoms. The molecule has 0 aliphatic carbocycles. The van der Waals surface area contributed by atoms with Gasteiger partial charge in [0.2, 0.25) is 10.0 Å². The summed E-state index contributed by atoms with van der Waals surface area (Å²) in [4.78, 5) is 0. The van der Waals surface area contributed by atoms with Crippen LogP contribution in [0.4, 0.5) is 0 Å². The number of sulfonamides is 1. The number of nitrogens with zero attached hydrogens (tertiary/aromatic N) is 1. The van der Waals surface area contributed by atoms with E-state index in [0.29, 0.717) is 13.0 Å². The predicted octanol–water partition coefficient (Wildman–Crippen LogP) is 0.125. The fourth-order valence-electron chi connectivity index (χ4n) is 2.14. The third-order valence-electron chi connectivity index (χ3n) is 3.27. The highest BCUT2D eigenvalue weighted by Gasteiger charge is 2.27. The van der Waals surface area contributed by atoms with Crippen molar-refractivity contribution in [2.75, 3.05) is 24.3 Å². The number of fused-ring (bicyclic) bond motifs is 1. The number of hydrogen-bond acceptors (Lipinski definition) is 5. The zero-order valence-corrected chi connectivity index (χ0v) is 12.7. The van der Waals surface area contributed by atoms with Crippen LogP contribution in [-0.4, -0.2) is 50.6 Å². The van der Waals surface area contributed by atoms with Gasteiger partial charge < -0.3 is 5.11 Å². The Hall–Kier alpha value is -1.12. The van der Waals surface area contributed by atoms with Gasteiger partial charge in [-0.3, -0.25) is 0 Å². The molecule has 0 fully saturated rings. The smallest absolute Gasteiger partial charge is 0.215 e. The first-order valence-electron chi connectivity index (χ1n) is 6.14. The molecule has 1 aromatic carbocycles. The molecule has 0 amide bonds. The van der Waals surface area contributed by atoms with Crippen LogP contribution in [0.2, 0.25) is 0 Å². The highest BCUT2D eigenvalue weighted by Crippen LogP contribution is 2.24. The summed E-state index contributed by atoms with van der Waals surface area (Å²) in [5, 5.41) is 9.44. The first-order valence-corrected chi connectivity index (χ1v) is 9.81. The monoisotopic (exact) mass is 319 g/mol. The molecular formula is C12H17NO5S2. The van der Waals surface area contributed by atoms with Crippen LogP contribution in [0.15, 0.2) is 18.2 Å². The molecular weight excluding hydrogens is 302 g/mol. The maximum atomic E-state index is 12.1. The normalized spacial score (nSPS) is 16.9. The van der Waals surface area contributed by atoms with Gasteiger partial charge in [-0.05, 0) is 29.7 Å². The minimum atomic E-state index is -3.60. The quantitative estimate of drug-likeness (QED) is 0.851. The van der Waals surface area contributed by atoms with Crippen molar-refractivity contribution in [2.45, 2.75) is 13.0 Å². The van der Waals surface area contributed by atoms with Crippen LogP contribution in [0, 0.1) is 0 Å². The number of aromatic hydroxyl groups is 1. The molecule has 0 bridgehead atoms. The fraction of sp³-hybridized carbons (Fsp3) is 0.500. The van der Waals surface area contributed by atoms with Crippen molar-refractivity contribution in [3.63, 3.8) is 0 Å². The number of sulfone groups is 1. The lowest BCUT2D eigenvalue weighted by atomic mass is 10.0. The average molecular weight is 319 g/mol. The average Bonchev–Trinajstić information content (AvgIpc) is 2.35. The van der Waals surface area contributed by atoms with E-state index in [1.165, 1.54) is 4.31 Å².